The molecule has 2 aromatic carbocycles. The third-order valence-corrected chi connectivity index (χ3v) is 4.11. The van der Waals surface area contributed by atoms with Crippen molar-refractivity contribution in [3.8, 4) is 5.75 Å². The number of rotatable bonds is 5. The van der Waals surface area contributed by atoms with Gasteiger partial charge in [-0.15, -0.1) is 0 Å². The summed E-state index contributed by atoms with van der Waals surface area (Å²) in [5.74, 6) is 0.475. The predicted molar refractivity (Wildman–Crippen MR) is 91.4 cm³/mol. The first kappa shape index (κ1) is 16.5. The van der Waals surface area contributed by atoms with Gasteiger partial charge >= 0.3 is 0 Å². The average Bonchev–Trinajstić information content (AvgIpc) is 2.61. The highest BCUT2D eigenvalue weighted by Gasteiger charge is 2.20. The highest BCUT2D eigenvalue weighted by atomic mass is 19.1. The molecule has 0 spiro atoms. The molecule has 5 heteroatoms. The van der Waals surface area contributed by atoms with Crippen LogP contribution in [-0.2, 0) is 11.4 Å². The van der Waals surface area contributed by atoms with Gasteiger partial charge in [-0.1, -0.05) is 18.2 Å². The Hall–Kier alpha value is -2.40. The largest absolute Gasteiger partial charge is 0.489 e. The lowest BCUT2D eigenvalue weighted by Crippen LogP contribution is -2.34. The molecule has 1 amide bonds. The number of amides is 1. The number of carbonyl (C=O) groups excluding carboxylic acids is 1. The number of hydrogen-bond acceptors (Lipinski definition) is 3. The van der Waals surface area contributed by atoms with E-state index in [4.69, 9.17) is 4.74 Å². The molecule has 2 aromatic rings. The fourth-order valence-electron chi connectivity index (χ4n) is 2.79. The summed E-state index contributed by atoms with van der Waals surface area (Å²) in [7, 11) is 0. The number of ether oxygens (including phenoxy) is 1. The summed E-state index contributed by atoms with van der Waals surface area (Å²) in [5.41, 5.74) is 1.48. The Morgan fingerprint density at radius 3 is 2.75 bits per heavy atom. The molecule has 126 valence electrons. The van der Waals surface area contributed by atoms with Gasteiger partial charge in [-0.3, -0.25) is 4.79 Å². The minimum absolute atomic E-state index is 0.0544. The van der Waals surface area contributed by atoms with E-state index in [2.05, 4.69) is 10.6 Å². The molecule has 1 fully saturated rings. The Morgan fingerprint density at radius 1 is 1.17 bits per heavy atom. The van der Waals surface area contributed by atoms with Crippen molar-refractivity contribution < 1.29 is 13.9 Å². The molecule has 0 atom stereocenters. The lowest BCUT2D eigenvalue weighted by Gasteiger charge is -2.21. The second kappa shape index (κ2) is 7.93. The molecule has 1 heterocycles. The molecule has 0 aliphatic carbocycles. The van der Waals surface area contributed by atoms with E-state index in [1.54, 1.807) is 12.1 Å². The molecule has 3 rings (SSSR count). The van der Waals surface area contributed by atoms with Gasteiger partial charge in [0.15, 0.2) is 0 Å². The van der Waals surface area contributed by atoms with Crippen LogP contribution >= 0.6 is 0 Å². The Balaban J connectivity index is 1.58. The third kappa shape index (κ3) is 4.55. The lowest BCUT2D eigenvalue weighted by atomic mass is 9.97. The van der Waals surface area contributed by atoms with Crippen LogP contribution in [-0.4, -0.2) is 19.0 Å². The van der Waals surface area contributed by atoms with Crippen molar-refractivity contribution in [2.75, 3.05) is 18.4 Å². The van der Waals surface area contributed by atoms with Gasteiger partial charge in [-0.2, -0.15) is 0 Å². The van der Waals surface area contributed by atoms with Gasteiger partial charge < -0.3 is 15.4 Å². The van der Waals surface area contributed by atoms with Crippen LogP contribution in [0.3, 0.4) is 0 Å². The monoisotopic (exact) mass is 328 g/mol. The van der Waals surface area contributed by atoms with E-state index in [0.717, 1.165) is 37.2 Å². The van der Waals surface area contributed by atoms with Crippen molar-refractivity contribution in [2.24, 2.45) is 5.92 Å². The summed E-state index contributed by atoms with van der Waals surface area (Å²) in [6.07, 6.45) is 1.73. The molecule has 0 aromatic heterocycles. The van der Waals surface area contributed by atoms with E-state index >= 15 is 0 Å². The lowest BCUT2D eigenvalue weighted by molar-refractivity contribution is -0.120. The zero-order chi connectivity index (χ0) is 16.8. The first-order valence-corrected chi connectivity index (χ1v) is 8.19. The minimum atomic E-state index is -0.279. The van der Waals surface area contributed by atoms with E-state index in [0.29, 0.717) is 5.75 Å². The smallest absolute Gasteiger partial charge is 0.227 e. The summed E-state index contributed by atoms with van der Waals surface area (Å²) < 4.78 is 18.9. The number of nitrogens with one attached hydrogen (secondary N) is 2. The van der Waals surface area contributed by atoms with Crippen LogP contribution in [0.15, 0.2) is 48.5 Å². The summed E-state index contributed by atoms with van der Waals surface area (Å²) >= 11 is 0. The second-order valence-corrected chi connectivity index (χ2v) is 5.96. The maximum Gasteiger partial charge on any atom is 0.227 e. The van der Waals surface area contributed by atoms with Crippen LogP contribution in [0.1, 0.15) is 18.4 Å². The first-order chi connectivity index (χ1) is 11.7. The molecule has 1 aliphatic heterocycles. The third-order valence-electron chi connectivity index (χ3n) is 4.11. The van der Waals surface area contributed by atoms with Gasteiger partial charge in [-0.25, -0.2) is 4.39 Å². The van der Waals surface area contributed by atoms with Gasteiger partial charge in [0.25, 0.3) is 0 Å². The van der Waals surface area contributed by atoms with E-state index in [1.165, 1.54) is 12.1 Å². The first-order valence-electron chi connectivity index (χ1n) is 8.19. The molecular weight excluding hydrogens is 307 g/mol. The standard InChI is InChI=1S/C19H21FN2O2/c20-16-4-1-3-14(11-16)13-24-18-6-2-5-17(12-18)22-19(23)15-7-9-21-10-8-15/h1-6,11-12,15,21H,7-10,13H2,(H,22,23). The van der Waals surface area contributed by atoms with Crippen molar-refractivity contribution in [3.05, 3.63) is 59.9 Å². The van der Waals surface area contributed by atoms with E-state index < -0.39 is 0 Å². The van der Waals surface area contributed by atoms with E-state index in [-0.39, 0.29) is 24.2 Å². The number of anilines is 1. The average molecular weight is 328 g/mol. The van der Waals surface area contributed by atoms with E-state index in [1.807, 2.05) is 24.3 Å². The van der Waals surface area contributed by atoms with Crippen LogP contribution in [0, 0.1) is 11.7 Å². The Morgan fingerprint density at radius 2 is 1.96 bits per heavy atom. The minimum Gasteiger partial charge on any atom is -0.489 e. The maximum atomic E-state index is 13.2. The number of hydrogen-bond donors (Lipinski definition) is 2. The van der Waals surface area contributed by atoms with Crippen LogP contribution < -0.4 is 15.4 Å². The number of carbonyl (C=O) groups is 1. The highest BCUT2D eigenvalue weighted by Crippen LogP contribution is 2.21. The second-order valence-electron chi connectivity index (χ2n) is 5.96. The van der Waals surface area contributed by atoms with Gasteiger partial charge in [0, 0.05) is 17.7 Å². The SMILES string of the molecule is O=C(Nc1cccc(OCc2cccc(F)c2)c1)C1CCNCC1. The molecule has 0 saturated carbocycles. The fourth-order valence-corrected chi connectivity index (χ4v) is 2.79. The zero-order valence-electron chi connectivity index (χ0n) is 13.4. The number of benzene rings is 2. The van der Waals surface area contributed by atoms with Crippen LogP contribution in [0.2, 0.25) is 0 Å². The molecule has 1 saturated heterocycles. The van der Waals surface area contributed by atoms with Crippen molar-refractivity contribution in [1.82, 2.24) is 5.32 Å². The van der Waals surface area contributed by atoms with Gasteiger partial charge in [0.2, 0.25) is 5.91 Å². The van der Waals surface area contributed by atoms with Crippen LogP contribution in [0.4, 0.5) is 10.1 Å². The molecule has 0 radical (unpaired) electrons. The van der Waals surface area contributed by atoms with Crippen LogP contribution in [0.5, 0.6) is 5.75 Å². The molecule has 0 bridgehead atoms. The molecule has 4 nitrogen and oxygen atoms in total. The summed E-state index contributed by atoms with van der Waals surface area (Å²) in [6, 6.07) is 13.6. The molecule has 0 unspecified atom stereocenters. The number of halogens is 1. The Labute approximate surface area is 141 Å². The van der Waals surface area contributed by atoms with Gasteiger partial charge in [0.1, 0.15) is 18.2 Å². The quantitative estimate of drug-likeness (QED) is 0.885. The maximum absolute atomic E-state index is 13.2. The Kier molecular flexibility index (Phi) is 5.43. The van der Waals surface area contributed by atoms with Crippen molar-refractivity contribution in [1.29, 1.82) is 0 Å². The topological polar surface area (TPSA) is 50.4 Å². The summed E-state index contributed by atoms with van der Waals surface area (Å²) in [4.78, 5) is 12.3. The fraction of sp³-hybridized carbons (Fsp3) is 0.316. The van der Waals surface area contributed by atoms with Crippen molar-refractivity contribution in [2.45, 2.75) is 19.4 Å². The van der Waals surface area contributed by atoms with Crippen molar-refractivity contribution >= 4 is 11.6 Å². The van der Waals surface area contributed by atoms with Gasteiger partial charge in [-0.05, 0) is 55.8 Å². The summed E-state index contributed by atoms with van der Waals surface area (Å²) in [6.45, 7) is 2.05. The zero-order valence-corrected chi connectivity index (χ0v) is 13.4. The molecule has 1 aliphatic rings. The van der Waals surface area contributed by atoms with E-state index in [9.17, 15) is 9.18 Å². The number of piperidine rings is 1. The predicted octanol–water partition coefficient (Wildman–Crippen LogP) is 3.34. The Bertz CT molecular complexity index is 699. The molecule has 24 heavy (non-hydrogen) atoms. The molecule has 2 N–H and O–H groups in total. The van der Waals surface area contributed by atoms with Gasteiger partial charge in [0.05, 0.1) is 0 Å². The van der Waals surface area contributed by atoms with Crippen molar-refractivity contribution in [3.63, 3.8) is 0 Å². The summed E-state index contributed by atoms with van der Waals surface area (Å²) in [5, 5.41) is 6.20. The molecular formula is C19H21FN2O2. The normalized spacial score (nSPS) is 15.0. The highest BCUT2D eigenvalue weighted by molar-refractivity contribution is 5.92. The van der Waals surface area contributed by atoms with Crippen LogP contribution in [0.25, 0.3) is 0 Å².